The van der Waals surface area contributed by atoms with Crippen LogP contribution in [0.25, 0.3) is 0 Å². The minimum atomic E-state index is -1.15. The lowest BCUT2D eigenvalue weighted by Crippen LogP contribution is -2.63. The highest BCUT2D eigenvalue weighted by Crippen LogP contribution is 2.52. The molecule has 0 aromatic heterocycles. The summed E-state index contributed by atoms with van der Waals surface area (Å²) < 4.78 is 0. The molecular weight excluding hydrogens is 502 g/mol. The molecule has 4 aliphatic heterocycles. The average molecular weight is 538 g/mol. The SMILES string of the molecule is C[C@@H](O)C1C(=O)N2C(C(=O)O)=C(S[C@H]3C[C@@H](C(=O)N4CC[C@H](NC(=O)CN=C(N)N)C4)N(C)C3)[C@H](C)C12. The zero-order valence-corrected chi connectivity index (χ0v) is 22.0. The van der Waals surface area contributed by atoms with E-state index in [1.165, 1.54) is 16.7 Å². The van der Waals surface area contributed by atoms with Crippen LogP contribution in [-0.2, 0) is 19.2 Å². The Labute approximate surface area is 219 Å². The van der Waals surface area contributed by atoms with Gasteiger partial charge < -0.3 is 36.8 Å². The van der Waals surface area contributed by atoms with Crippen molar-refractivity contribution < 1.29 is 29.4 Å². The number of carbonyl (C=O) groups is 4. The molecule has 37 heavy (non-hydrogen) atoms. The lowest BCUT2D eigenvalue weighted by atomic mass is 9.79. The fraction of sp³-hybridized carbons (Fsp3) is 0.696. The van der Waals surface area contributed by atoms with Crippen molar-refractivity contribution >= 4 is 41.4 Å². The number of aliphatic hydroxyl groups is 1. The lowest BCUT2D eigenvalue weighted by molar-refractivity contribution is -0.163. The first-order valence-corrected chi connectivity index (χ1v) is 13.3. The van der Waals surface area contributed by atoms with Crippen LogP contribution < -0.4 is 16.8 Å². The number of hydrogen-bond acceptors (Lipinski definition) is 8. The number of carboxylic acid groups (broad SMARTS) is 1. The number of likely N-dealkylation sites (tertiary alicyclic amines) is 2. The number of hydrogen-bond donors (Lipinski definition) is 5. The van der Waals surface area contributed by atoms with E-state index in [2.05, 4.69) is 10.3 Å². The van der Waals surface area contributed by atoms with Gasteiger partial charge in [0, 0.05) is 41.7 Å². The molecule has 4 rings (SSSR count). The molecule has 0 radical (unpaired) electrons. The Morgan fingerprint density at radius 3 is 2.59 bits per heavy atom. The van der Waals surface area contributed by atoms with Crippen LogP contribution in [-0.4, -0.2) is 117 Å². The van der Waals surface area contributed by atoms with Gasteiger partial charge in [0.25, 0.3) is 0 Å². The minimum Gasteiger partial charge on any atom is -0.477 e. The second kappa shape index (κ2) is 10.5. The van der Waals surface area contributed by atoms with Gasteiger partial charge in [-0.05, 0) is 26.8 Å². The predicted octanol–water partition coefficient (Wildman–Crippen LogP) is -2.06. The van der Waals surface area contributed by atoms with Crippen molar-refractivity contribution in [3.63, 3.8) is 0 Å². The minimum absolute atomic E-state index is 0.000632. The highest BCUT2D eigenvalue weighted by atomic mass is 32.2. The molecule has 0 spiro atoms. The number of aliphatic hydroxyl groups excluding tert-OH is 1. The first-order chi connectivity index (χ1) is 17.4. The standard InChI is InChI=1S/C23H35N7O6S/c1-10-17-16(11(2)31)21(34)30(17)18(22(35)36)19(10)37-13-6-14(28(3)9-13)20(33)29-5-4-12(8-29)27-15(32)7-26-23(24)25/h10-14,16-17,31H,4-9H2,1-3H3,(H,27,32)(H,35,36)(H4,24,25,26)/t10-,11-,12+,13+,14+,16?,17?/m1/s1. The van der Waals surface area contributed by atoms with Crippen LogP contribution >= 0.6 is 11.8 Å². The monoisotopic (exact) mass is 537 g/mol. The van der Waals surface area contributed by atoms with E-state index in [0.717, 1.165) is 0 Å². The number of nitrogens with two attached hydrogens (primary N) is 2. The smallest absolute Gasteiger partial charge is 0.353 e. The van der Waals surface area contributed by atoms with Gasteiger partial charge in [0.1, 0.15) is 12.2 Å². The Balaban J connectivity index is 1.37. The Kier molecular flexibility index (Phi) is 7.72. The van der Waals surface area contributed by atoms with E-state index in [-0.39, 0.29) is 65.2 Å². The number of guanidine groups is 1. The van der Waals surface area contributed by atoms with E-state index < -0.39 is 18.0 Å². The number of β-lactam (4-membered cyclic amide) rings is 1. The molecule has 0 aliphatic carbocycles. The number of fused-ring (bicyclic) bond motifs is 1. The van der Waals surface area contributed by atoms with Crippen molar-refractivity contribution in [2.24, 2.45) is 28.3 Å². The summed E-state index contributed by atoms with van der Waals surface area (Å²) in [6, 6.07) is -0.890. The summed E-state index contributed by atoms with van der Waals surface area (Å²) in [5.74, 6) is -2.82. The van der Waals surface area contributed by atoms with Gasteiger partial charge in [-0.1, -0.05) is 6.92 Å². The number of carbonyl (C=O) groups excluding carboxylic acids is 3. The molecule has 0 aromatic rings. The van der Waals surface area contributed by atoms with E-state index in [4.69, 9.17) is 11.5 Å². The molecule has 3 saturated heterocycles. The van der Waals surface area contributed by atoms with Crippen LogP contribution in [0.2, 0.25) is 0 Å². The Bertz CT molecular complexity index is 1040. The van der Waals surface area contributed by atoms with Crippen molar-refractivity contribution in [1.29, 1.82) is 0 Å². The number of aliphatic imine (C=N–C) groups is 1. The van der Waals surface area contributed by atoms with Crippen LogP contribution in [0.1, 0.15) is 26.7 Å². The molecule has 0 aromatic carbocycles. The van der Waals surface area contributed by atoms with Gasteiger partial charge in [0.05, 0.1) is 24.1 Å². The highest BCUT2D eigenvalue weighted by Gasteiger charge is 2.60. The second-order valence-corrected chi connectivity index (χ2v) is 11.6. The summed E-state index contributed by atoms with van der Waals surface area (Å²) in [6.45, 7) is 4.81. The van der Waals surface area contributed by atoms with Crippen LogP contribution in [0.15, 0.2) is 15.6 Å². The molecule has 204 valence electrons. The summed E-state index contributed by atoms with van der Waals surface area (Å²) in [5, 5.41) is 22.7. The van der Waals surface area contributed by atoms with Crippen molar-refractivity contribution in [2.45, 2.75) is 56.2 Å². The number of likely N-dealkylation sites (N-methyl/N-ethyl adjacent to an activating group) is 1. The number of rotatable bonds is 8. The molecule has 4 aliphatic rings. The molecule has 7 atom stereocenters. The van der Waals surface area contributed by atoms with Crippen molar-refractivity contribution in [3.05, 3.63) is 10.6 Å². The quantitative estimate of drug-likeness (QED) is 0.130. The third-order valence-electron chi connectivity index (χ3n) is 7.67. The fourth-order valence-electron chi connectivity index (χ4n) is 5.91. The molecule has 3 amide bonds. The normalized spacial score (nSPS) is 32.3. The first-order valence-electron chi connectivity index (χ1n) is 12.4. The van der Waals surface area contributed by atoms with Crippen molar-refractivity contribution in [2.75, 3.05) is 33.2 Å². The number of nitrogens with one attached hydrogen (secondary N) is 1. The van der Waals surface area contributed by atoms with E-state index in [0.29, 0.717) is 37.4 Å². The fourth-order valence-corrected chi connectivity index (χ4v) is 7.51. The van der Waals surface area contributed by atoms with Crippen LogP contribution in [0, 0.1) is 11.8 Å². The average Bonchev–Trinajstić information content (AvgIpc) is 3.48. The topological polar surface area (TPSA) is 195 Å². The molecule has 14 heteroatoms. The van der Waals surface area contributed by atoms with Gasteiger partial charge in [0.2, 0.25) is 17.7 Å². The highest BCUT2D eigenvalue weighted by molar-refractivity contribution is 8.03. The molecular formula is C23H35N7O6S. The number of nitrogens with zero attached hydrogens (tertiary/aromatic N) is 4. The van der Waals surface area contributed by atoms with E-state index in [1.807, 2.05) is 18.9 Å². The van der Waals surface area contributed by atoms with Crippen LogP contribution in [0.5, 0.6) is 0 Å². The van der Waals surface area contributed by atoms with Crippen molar-refractivity contribution in [3.8, 4) is 0 Å². The van der Waals surface area contributed by atoms with Crippen LogP contribution in [0.4, 0.5) is 0 Å². The third-order valence-corrected chi connectivity index (χ3v) is 9.16. The predicted molar refractivity (Wildman–Crippen MR) is 136 cm³/mol. The summed E-state index contributed by atoms with van der Waals surface area (Å²) in [7, 11) is 1.87. The number of aliphatic carboxylic acids is 1. The molecule has 13 nitrogen and oxygen atoms in total. The van der Waals surface area contributed by atoms with Gasteiger partial charge >= 0.3 is 5.97 Å². The molecule has 4 heterocycles. The zero-order chi connectivity index (χ0) is 27.2. The Morgan fingerprint density at radius 2 is 1.97 bits per heavy atom. The second-order valence-electron chi connectivity index (χ2n) is 10.3. The number of thioether (sulfide) groups is 1. The van der Waals surface area contributed by atoms with E-state index in [9.17, 15) is 29.4 Å². The zero-order valence-electron chi connectivity index (χ0n) is 21.2. The largest absolute Gasteiger partial charge is 0.477 e. The summed E-state index contributed by atoms with van der Waals surface area (Å²) >= 11 is 1.43. The maximum Gasteiger partial charge on any atom is 0.353 e. The van der Waals surface area contributed by atoms with Crippen molar-refractivity contribution in [1.82, 2.24) is 20.0 Å². The molecule has 7 N–H and O–H groups in total. The number of carboxylic acids is 1. The van der Waals surface area contributed by atoms with Gasteiger partial charge in [-0.25, -0.2) is 9.79 Å². The van der Waals surface area contributed by atoms with E-state index >= 15 is 0 Å². The third kappa shape index (κ3) is 5.14. The van der Waals surface area contributed by atoms with Crippen LogP contribution in [0.3, 0.4) is 0 Å². The summed E-state index contributed by atoms with van der Waals surface area (Å²) in [4.78, 5) is 59.4. The first kappa shape index (κ1) is 27.2. The Morgan fingerprint density at radius 1 is 1.27 bits per heavy atom. The number of amides is 3. The Hall–Kier alpha value is -2.84. The summed E-state index contributed by atoms with van der Waals surface area (Å²) in [6.07, 6.45) is 0.325. The maximum absolute atomic E-state index is 13.3. The van der Waals surface area contributed by atoms with Gasteiger partial charge in [0.15, 0.2) is 5.96 Å². The van der Waals surface area contributed by atoms with Gasteiger partial charge in [-0.3, -0.25) is 19.3 Å². The maximum atomic E-state index is 13.3. The molecule has 3 fully saturated rings. The molecule has 2 unspecified atom stereocenters. The molecule has 0 bridgehead atoms. The molecule has 0 saturated carbocycles. The van der Waals surface area contributed by atoms with E-state index in [1.54, 1.807) is 11.8 Å². The lowest BCUT2D eigenvalue weighted by Gasteiger charge is -2.46. The van der Waals surface area contributed by atoms with Gasteiger partial charge in [-0.15, -0.1) is 11.8 Å². The summed E-state index contributed by atoms with van der Waals surface area (Å²) in [5.41, 5.74) is 10.5. The van der Waals surface area contributed by atoms with Gasteiger partial charge in [-0.2, -0.15) is 0 Å².